The Hall–Kier alpha value is -2.62. The summed E-state index contributed by atoms with van der Waals surface area (Å²) in [6, 6.07) is 33.9. The Morgan fingerprint density at radius 2 is 1.10 bits per heavy atom. The molecule has 8 nitrogen and oxygen atoms in total. The van der Waals surface area contributed by atoms with Crippen LogP contribution < -0.4 is 44.7 Å². The summed E-state index contributed by atoms with van der Waals surface area (Å²) in [4.78, 5) is 16.7. The second kappa shape index (κ2) is 29.9. The number of aromatic nitrogens is 2. The van der Waals surface area contributed by atoms with Crippen LogP contribution in [0.4, 0.5) is 0 Å². The Labute approximate surface area is 511 Å². The number of likely N-dealkylation sites (tertiary alicyclic amines) is 4. The van der Waals surface area contributed by atoms with Crippen molar-refractivity contribution in [2.75, 3.05) is 26.2 Å². The second-order valence-corrected chi connectivity index (χ2v) is 26.3. The fourth-order valence-corrected chi connectivity index (χ4v) is 12.3. The molecule has 6 atom stereocenters. The van der Waals surface area contributed by atoms with E-state index in [1.807, 2.05) is 48.8 Å². The molecule has 5 aromatic rings. The Kier molecular flexibility index (Phi) is 26.7. The number of rotatable bonds is 10. The van der Waals surface area contributed by atoms with Crippen LogP contribution in [0.5, 0.6) is 11.5 Å². The summed E-state index contributed by atoms with van der Waals surface area (Å²) in [6.07, 6.45) is 14.2. The van der Waals surface area contributed by atoms with Gasteiger partial charge in [0, 0.05) is 74.7 Å². The molecule has 0 spiro atoms. The van der Waals surface area contributed by atoms with Crippen LogP contribution in [0.15, 0.2) is 103 Å². The molecule has 6 heterocycles. The first-order valence-corrected chi connectivity index (χ1v) is 28.1. The molecule has 4 saturated heterocycles. The quantitative estimate of drug-likeness (QED) is 0.148. The van der Waals surface area contributed by atoms with E-state index in [1.54, 1.807) is 9.80 Å². The van der Waals surface area contributed by atoms with E-state index in [-0.39, 0.29) is 98.3 Å². The van der Waals surface area contributed by atoms with Crippen LogP contribution in [0.3, 0.4) is 0 Å². The summed E-state index contributed by atoms with van der Waals surface area (Å²) in [6.45, 7) is 38.9. The first-order valence-electron chi connectivity index (χ1n) is 28.1. The maximum absolute atomic E-state index is 13.6. The van der Waals surface area contributed by atoms with E-state index in [9.17, 15) is 10.2 Å². The van der Waals surface area contributed by atoms with Crippen molar-refractivity contribution in [3.05, 3.63) is 161 Å². The van der Waals surface area contributed by atoms with Crippen LogP contribution in [0.2, 0.25) is 0 Å². The van der Waals surface area contributed by atoms with Crippen LogP contribution in [0, 0.1) is 6.92 Å². The van der Waals surface area contributed by atoms with Gasteiger partial charge in [-0.2, -0.15) is 24.6 Å². The zero-order valence-electron chi connectivity index (χ0n) is 49.5. The van der Waals surface area contributed by atoms with Gasteiger partial charge in [0.05, 0.1) is 18.8 Å². The van der Waals surface area contributed by atoms with E-state index in [0.29, 0.717) is 29.9 Å². The average molecular weight is 1110 g/mol. The van der Waals surface area contributed by atoms with E-state index in [4.69, 9.17) is 0 Å². The van der Waals surface area contributed by atoms with Crippen molar-refractivity contribution in [2.45, 2.75) is 206 Å². The van der Waals surface area contributed by atoms with Gasteiger partial charge in [-0.25, -0.2) is 4.98 Å². The molecule has 0 radical (unpaired) electrons. The molecular weight excluding hydrogens is 1020 g/mol. The molecule has 4 unspecified atom stereocenters. The summed E-state index contributed by atoms with van der Waals surface area (Å²) >= 11 is 0. The molecule has 4 aliphatic rings. The van der Waals surface area contributed by atoms with Crippen molar-refractivity contribution in [1.82, 2.24) is 14.8 Å². The molecule has 412 valence electrons. The molecule has 4 aliphatic heterocycles. The summed E-state index contributed by atoms with van der Waals surface area (Å²) in [5.74, 6) is 0.779. The predicted octanol–water partition coefficient (Wildman–Crippen LogP) is 3.09. The van der Waals surface area contributed by atoms with Gasteiger partial charge < -0.3 is 44.8 Å². The number of aromatic hydroxyl groups is 1. The molecule has 77 heavy (non-hydrogen) atoms. The normalized spacial score (nSPS) is 21.8. The number of nitrogens with zero attached hydrogens (tertiary/aromatic N) is 3. The largest absolute Gasteiger partial charge is 2.00 e. The topological polar surface area (TPSA) is 85.7 Å². The van der Waals surface area contributed by atoms with Gasteiger partial charge in [-0.3, -0.25) is 14.8 Å². The predicted molar refractivity (Wildman–Crippen MR) is 310 cm³/mol. The monoisotopic (exact) mass is 1110 g/mol. The zero-order valence-corrected chi connectivity index (χ0v) is 53.9. The Morgan fingerprint density at radius 3 is 1.58 bits per heavy atom. The molecule has 4 N–H and O–H groups in total. The molecule has 2 aromatic heterocycles. The van der Waals surface area contributed by atoms with Gasteiger partial charge in [-0.1, -0.05) is 125 Å². The molecule has 4 fully saturated rings. The van der Waals surface area contributed by atoms with Crippen molar-refractivity contribution in [1.29, 1.82) is 0 Å². The number of phenols is 1. The minimum Gasteiger partial charge on any atom is -1.00 e. The molecule has 12 heteroatoms. The third kappa shape index (κ3) is 18.7. The number of halogens is 2. The maximum Gasteiger partial charge on any atom is 2.00 e. The smallest absolute Gasteiger partial charge is 1.00 e. The zero-order chi connectivity index (χ0) is 52.7. The fraction of sp³-hybridized carbons (Fsp3) is 0.554. The van der Waals surface area contributed by atoms with Crippen molar-refractivity contribution >= 4 is 46.1 Å². The van der Waals surface area contributed by atoms with E-state index in [0.717, 1.165) is 67.1 Å². The maximum atomic E-state index is 13.6. The molecule has 0 amide bonds. The number of pyridine rings is 2. The van der Waals surface area contributed by atoms with Crippen LogP contribution >= 0.6 is 0 Å². The molecular formula is C65H95Cl2Mg2N6O2+3. The number of H-pyrrole nitrogens is 1. The number of quaternary nitrogens is 2. The van der Waals surface area contributed by atoms with Gasteiger partial charge in [0.1, 0.15) is 24.4 Å². The van der Waals surface area contributed by atoms with Crippen LogP contribution in [0.1, 0.15) is 185 Å². The second-order valence-electron chi connectivity index (χ2n) is 26.3. The number of hydrogen-bond donors (Lipinski definition) is 3. The summed E-state index contributed by atoms with van der Waals surface area (Å²) in [5.41, 5.74) is 10.2. The van der Waals surface area contributed by atoms with Crippen molar-refractivity contribution in [3.63, 3.8) is 0 Å². The van der Waals surface area contributed by atoms with Gasteiger partial charge in [-0.15, -0.1) is 12.1 Å². The Balaban J connectivity index is 0.000000343. The van der Waals surface area contributed by atoms with Gasteiger partial charge in [0.25, 0.3) is 0 Å². The van der Waals surface area contributed by atoms with Crippen LogP contribution in [-0.2, 0) is 47.8 Å². The van der Waals surface area contributed by atoms with E-state index >= 15 is 0 Å². The third-order valence-electron chi connectivity index (χ3n) is 16.5. The van der Waals surface area contributed by atoms with Gasteiger partial charge in [0.2, 0.25) is 5.69 Å². The Morgan fingerprint density at radius 1 is 0.597 bits per heavy atom. The van der Waals surface area contributed by atoms with E-state index in [2.05, 4.69) is 164 Å². The minimum atomic E-state index is -0.134. The third-order valence-corrected chi connectivity index (χ3v) is 16.5. The van der Waals surface area contributed by atoms with E-state index < -0.39 is 0 Å². The van der Waals surface area contributed by atoms with Crippen LogP contribution in [-0.4, -0.2) is 116 Å². The van der Waals surface area contributed by atoms with Crippen molar-refractivity contribution in [2.24, 2.45) is 0 Å². The molecule has 9 rings (SSSR count). The molecule has 0 aliphatic carbocycles. The van der Waals surface area contributed by atoms with Crippen LogP contribution in [0.25, 0.3) is 0 Å². The first-order chi connectivity index (χ1) is 34.5. The van der Waals surface area contributed by atoms with Gasteiger partial charge in [-0.05, 0) is 106 Å². The average Bonchev–Trinajstić information content (AvgIpc) is 4.17. The van der Waals surface area contributed by atoms with Gasteiger partial charge in [0.15, 0.2) is 12.7 Å². The first kappa shape index (κ1) is 68.7. The molecule has 0 saturated carbocycles. The standard InChI is InChI=1S/2C29H43N3O.C7H7.2ClH.2Mg/c2*1-28(2,3)22-17-21(27(33)24(18-22)29(4,5)6)19-31-15-9-12-25(31)26-13-10-16-32(26)20-23-11-7-8-14-30-23;1-7-5-3-2-4-6-7;;;;/h2*7-8,11,14,17-18,25-26,33H,9-10,12-13,15-16,19-20H2,1-6H3;2-6H,1H2;2*1H;;/q;;-1;;;2*+2/t2*25?,26-;;;;;/m11...../s1. The van der Waals surface area contributed by atoms with E-state index in [1.165, 1.54) is 87.0 Å². The summed E-state index contributed by atoms with van der Waals surface area (Å²) < 4.78 is 0. The number of hydrogen-bond acceptors (Lipinski definition) is 5. The summed E-state index contributed by atoms with van der Waals surface area (Å²) in [7, 11) is 0. The minimum absolute atomic E-state index is 0. The van der Waals surface area contributed by atoms with Crippen molar-refractivity contribution in [3.8, 4) is 11.5 Å². The molecule has 0 bridgehead atoms. The summed E-state index contributed by atoms with van der Waals surface area (Å²) in [5, 5.41) is 24.9. The van der Waals surface area contributed by atoms with Gasteiger partial charge >= 0.3 is 46.1 Å². The van der Waals surface area contributed by atoms with Crippen molar-refractivity contribution < 1.29 is 49.8 Å². The number of nitrogens with one attached hydrogen (secondary N) is 3. The fourth-order valence-electron chi connectivity index (χ4n) is 12.3. The number of phenolic OH excluding ortho intramolecular Hbond substituents is 1. The number of aromatic amines is 1. The molecule has 3 aromatic carbocycles. The SMILES string of the molecule is CC(C)(C)c1cc(CN2CCCC2[C@H]2CCCN2Cc2ccccn2)c(O)c(C(C)(C)C)c1.CC(C)(C)c1cc(C[NH+]2CCCC2[C@H]2CCC[NH+]2Cc2cccc[nH+]2)c([O-])c(C(C)(C)C)c1.[CH2-]c1ccccc1.[Cl-].[Cl-].[Mg+2].[Mg+2]. The Bertz CT molecular complexity index is 2370. The number of benzene rings is 3.